The lowest BCUT2D eigenvalue weighted by molar-refractivity contribution is -0.121. The lowest BCUT2D eigenvalue weighted by Gasteiger charge is -2.20. The average Bonchev–Trinajstić information content (AvgIpc) is 3.13. The van der Waals surface area contributed by atoms with Crippen molar-refractivity contribution in [3.05, 3.63) is 95.6 Å². The molecular weight excluding hydrogens is 315 g/mol. The normalized spacial score (nSPS) is 11.9. The van der Waals surface area contributed by atoms with Crippen LogP contribution in [-0.4, -0.2) is 10.5 Å². The lowest BCUT2D eigenvalue weighted by atomic mass is 10.0. The molecular formula is C21H21FN2O. The van der Waals surface area contributed by atoms with E-state index in [1.165, 1.54) is 17.7 Å². The molecule has 0 aliphatic carbocycles. The van der Waals surface area contributed by atoms with Gasteiger partial charge in [0.15, 0.2) is 0 Å². The summed E-state index contributed by atoms with van der Waals surface area (Å²) >= 11 is 0. The predicted molar refractivity (Wildman–Crippen MR) is 96.6 cm³/mol. The van der Waals surface area contributed by atoms with E-state index in [2.05, 4.69) is 11.4 Å². The lowest BCUT2D eigenvalue weighted by Crippen LogP contribution is -2.26. The van der Waals surface area contributed by atoms with Crippen LogP contribution >= 0.6 is 0 Å². The van der Waals surface area contributed by atoms with E-state index >= 15 is 0 Å². The zero-order chi connectivity index (χ0) is 17.6. The largest absolute Gasteiger partial charge is 0.352 e. The van der Waals surface area contributed by atoms with E-state index in [9.17, 15) is 9.18 Å². The van der Waals surface area contributed by atoms with Gasteiger partial charge >= 0.3 is 0 Å². The third-order valence-electron chi connectivity index (χ3n) is 4.20. The molecule has 128 valence electrons. The van der Waals surface area contributed by atoms with Crippen LogP contribution in [0.25, 0.3) is 0 Å². The topological polar surface area (TPSA) is 34.0 Å². The third-order valence-corrected chi connectivity index (χ3v) is 4.20. The maximum atomic E-state index is 12.9. The molecule has 0 aliphatic heterocycles. The van der Waals surface area contributed by atoms with Crippen molar-refractivity contribution in [3.63, 3.8) is 0 Å². The van der Waals surface area contributed by atoms with E-state index in [4.69, 9.17) is 0 Å². The zero-order valence-corrected chi connectivity index (χ0v) is 14.2. The number of rotatable bonds is 6. The number of nitrogens with one attached hydrogen (secondary N) is 1. The number of aromatic nitrogens is 1. The van der Waals surface area contributed by atoms with Crippen LogP contribution in [0.4, 0.5) is 4.39 Å². The van der Waals surface area contributed by atoms with Gasteiger partial charge in [0.25, 0.3) is 0 Å². The molecule has 0 spiro atoms. The van der Waals surface area contributed by atoms with Gasteiger partial charge < -0.3 is 9.88 Å². The van der Waals surface area contributed by atoms with Gasteiger partial charge in [0.1, 0.15) is 5.82 Å². The smallest absolute Gasteiger partial charge is 0.222 e. The van der Waals surface area contributed by atoms with Crippen molar-refractivity contribution in [1.82, 2.24) is 9.88 Å². The van der Waals surface area contributed by atoms with Gasteiger partial charge in [-0.2, -0.15) is 0 Å². The minimum Gasteiger partial charge on any atom is -0.352 e. The molecule has 0 radical (unpaired) electrons. The highest BCUT2D eigenvalue weighted by Gasteiger charge is 2.17. The minimum atomic E-state index is -0.276. The van der Waals surface area contributed by atoms with Crippen LogP contribution in [0, 0.1) is 12.7 Å². The summed E-state index contributed by atoms with van der Waals surface area (Å²) in [5.74, 6) is -0.313. The fraction of sp³-hybridized carbons (Fsp3) is 0.190. The fourth-order valence-electron chi connectivity index (χ4n) is 2.88. The number of hydrogen-bond acceptors (Lipinski definition) is 1. The van der Waals surface area contributed by atoms with Gasteiger partial charge in [0.2, 0.25) is 5.91 Å². The Labute approximate surface area is 147 Å². The number of aryl methyl sites for hydroxylation is 1. The molecule has 3 nitrogen and oxygen atoms in total. The summed E-state index contributed by atoms with van der Waals surface area (Å²) in [5.41, 5.74) is 3.15. The van der Waals surface area contributed by atoms with Crippen LogP contribution in [0.3, 0.4) is 0 Å². The molecule has 4 heteroatoms. The van der Waals surface area contributed by atoms with Gasteiger partial charge in [-0.25, -0.2) is 4.39 Å². The molecule has 0 bridgehead atoms. The molecule has 0 aliphatic rings. The number of hydrogen-bond donors (Lipinski definition) is 1. The first-order chi connectivity index (χ1) is 12.1. The van der Waals surface area contributed by atoms with E-state index in [1.807, 2.05) is 54.2 Å². The Morgan fingerprint density at radius 2 is 1.80 bits per heavy atom. The monoisotopic (exact) mass is 336 g/mol. The first-order valence-corrected chi connectivity index (χ1v) is 8.32. The van der Waals surface area contributed by atoms with Crippen LogP contribution in [-0.2, 0) is 11.3 Å². The van der Waals surface area contributed by atoms with E-state index in [1.54, 1.807) is 12.1 Å². The molecule has 3 rings (SSSR count). The van der Waals surface area contributed by atoms with Crippen molar-refractivity contribution >= 4 is 5.91 Å². The van der Waals surface area contributed by atoms with E-state index in [-0.39, 0.29) is 17.8 Å². The Morgan fingerprint density at radius 3 is 2.48 bits per heavy atom. The Hall–Kier alpha value is -2.88. The summed E-state index contributed by atoms with van der Waals surface area (Å²) in [6.45, 7) is 2.44. The average molecular weight is 336 g/mol. The summed E-state index contributed by atoms with van der Waals surface area (Å²) in [6, 6.07) is 18.2. The fourth-order valence-corrected chi connectivity index (χ4v) is 2.88. The van der Waals surface area contributed by atoms with E-state index in [0.717, 1.165) is 11.1 Å². The second-order valence-electron chi connectivity index (χ2n) is 6.17. The zero-order valence-electron chi connectivity index (χ0n) is 14.2. The molecule has 3 aromatic rings. The second-order valence-corrected chi connectivity index (χ2v) is 6.17. The van der Waals surface area contributed by atoms with Crippen molar-refractivity contribution in [2.45, 2.75) is 25.9 Å². The molecule has 0 saturated carbocycles. The van der Waals surface area contributed by atoms with Gasteiger partial charge in [-0.05, 0) is 42.3 Å². The van der Waals surface area contributed by atoms with Crippen LogP contribution < -0.4 is 5.32 Å². The van der Waals surface area contributed by atoms with Crippen LogP contribution in [0.1, 0.15) is 29.2 Å². The number of amides is 1. The first kappa shape index (κ1) is 17.0. The van der Waals surface area contributed by atoms with Crippen molar-refractivity contribution in [2.75, 3.05) is 0 Å². The summed E-state index contributed by atoms with van der Waals surface area (Å²) in [5, 5.41) is 2.92. The van der Waals surface area contributed by atoms with Crippen molar-refractivity contribution in [3.8, 4) is 0 Å². The predicted octanol–water partition coefficient (Wildman–Crippen LogP) is 4.23. The highest BCUT2D eigenvalue weighted by molar-refractivity contribution is 5.76. The molecule has 25 heavy (non-hydrogen) atoms. The molecule has 1 heterocycles. The first-order valence-electron chi connectivity index (χ1n) is 8.32. The van der Waals surface area contributed by atoms with Crippen LogP contribution in [0.15, 0.2) is 73.1 Å². The third kappa shape index (κ3) is 4.57. The molecule has 2 aromatic carbocycles. The second kappa shape index (κ2) is 7.79. The molecule has 0 fully saturated rings. The Morgan fingerprint density at radius 1 is 1.08 bits per heavy atom. The van der Waals surface area contributed by atoms with Crippen LogP contribution in [0.5, 0.6) is 0 Å². The number of benzene rings is 2. The summed E-state index contributed by atoms with van der Waals surface area (Å²) in [6.07, 6.45) is 4.29. The number of carbonyl (C=O) groups is 1. The standard InChI is InChI=1S/C21H21FN2O/c1-16-5-4-6-18(13-16)20(24-11-2-3-12-24)14-21(25)23-15-17-7-9-19(22)10-8-17/h2-13,20H,14-15H2,1H3,(H,23,25)/t20-/m1/s1. The minimum absolute atomic E-state index is 0.0375. The van der Waals surface area contributed by atoms with Crippen LogP contribution in [0.2, 0.25) is 0 Å². The molecule has 1 atom stereocenters. The maximum Gasteiger partial charge on any atom is 0.222 e. The Balaban J connectivity index is 1.69. The number of halogens is 1. The highest BCUT2D eigenvalue weighted by atomic mass is 19.1. The Kier molecular flexibility index (Phi) is 5.29. The van der Waals surface area contributed by atoms with Crippen molar-refractivity contribution < 1.29 is 9.18 Å². The molecule has 0 saturated heterocycles. The van der Waals surface area contributed by atoms with Crippen molar-refractivity contribution in [1.29, 1.82) is 0 Å². The SMILES string of the molecule is Cc1cccc([C@@H](CC(=O)NCc2ccc(F)cc2)n2cccc2)c1. The van der Waals surface area contributed by atoms with Crippen molar-refractivity contribution in [2.24, 2.45) is 0 Å². The summed E-state index contributed by atoms with van der Waals surface area (Å²) in [7, 11) is 0. The van der Waals surface area contributed by atoms with Gasteiger partial charge in [0, 0.05) is 18.9 Å². The molecule has 1 amide bonds. The van der Waals surface area contributed by atoms with Gasteiger partial charge in [-0.15, -0.1) is 0 Å². The highest BCUT2D eigenvalue weighted by Crippen LogP contribution is 2.23. The molecule has 1 aromatic heterocycles. The molecule has 0 unspecified atom stereocenters. The Bertz CT molecular complexity index is 825. The van der Waals surface area contributed by atoms with Gasteiger partial charge in [-0.3, -0.25) is 4.79 Å². The van der Waals surface area contributed by atoms with Gasteiger partial charge in [-0.1, -0.05) is 42.0 Å². The number of nitrogens with zero attached hydrogens (tertiary/aromatic N) is 1. The summed E-state index contributed by atoms with van der Waals surface area (Å²) < 4.78 is 15.0. The summed E-state index contributed by atoms with van der Waals surface area (Å²) in [4.78, 5) is 12.4. The van der Waals surface area contributed by atoms with E-state index in [0.29, 0.717) is 13.0 Å². The molecule has 1 N–H and O–H groups in total. The maximum absolute atomic E-state index is 12.9. The van der Waals surface area contributed by atoms with E-state index < -0.39 is 0 Å². The van der Waals surface area contributed by atoms with Gasteiger partial charge in [0.05, 0.1) is 12.5 Å². The number of carbonyl (C=O) groups excluding carboxylic acids is 1. The quantitative estimate of drug-likeness (QED) is 0.718.